The number of hydrogen-bond donors (Lipinski definition) is 1. The molecule has 27 heavy (non-hydrogen) atoms. The molecular formula is C18H39ClIrNO3P3+3. The van der Waals surface area contributed by atoms with Crippen molar-refractivity contribution in [3.63, 3.8) is 0 Å². The fourth-order valence-corrected chi connectivity index (χ4v) is 0.951. The van der Waals surface area contributed by atoms with Gasteiger partial charge >= 0.3 is 20.1 Å². The van der Waals surface area contributed by atoms with Crippen LogP contribution in [0.25, 0.3) is 5.73 Å². The van der Waals surface area contributed by atoms with Gasteiger partial charge in [-0.2, -0.15) is 0 Å². The molecule has 0 aliphatic rings. The standard InChI is InChI=1S/C9H10NO3.3C3H9P.ClH.Ir/c10-8(9(12)13)5-6-1-3-7(11)4-2-6;3*1-4(2)3;;/h1-4,8,10-11H,5H2,(H,12,13);3*1-3H3;1H;/q-1;;;;;+3/p+1. The van der Waals surface area contributed by atoms with Gasteiger partial charge in [0.25, 0.3) is 0 Å². The van der Waals surface area contributed by atoms with Crippen LogP contribution in [0, 0.1) is 0 Å². The average molecular weight is 638 g/mol. The predicted octanol–water partition coefficient (Wildman–Crippen LogP) is 0.377. The molecule has 2 N–H and O–H groups in total. The van der Waals surface area contributed by atoms with Gasteiger partial charge < -0.3 is 33.1 Å². The smallest absolute Gasteiger partial charge is 1.00 e. The number of hydrogen-bond acceptors (Lipinski definition) is 3. The Balaban J connectivity index is -0.0000000968. The summed E-state index contributed by atoms with van der Waals surface area (Å²) in [4.78, 5) is 10.2. The molecule has 0 fully saturated rings. The summed E-state index contributed by atoms with van der Waals surface area (Å²) in [6.07, 6.45) is 0.0998. The molecule has 0 bridgehead atoms. The first kappa shape index (κ1) is 38.3. The largest absolute Gasteiger partial charge is 3.00 e. The fraction of sp³-hybridized carbons (Fsp3) is 0.611. The van der Waals surface area contributed by atoms with Gasteiger partial charge in [-0.1, -0.05) is 18.2 Å². The Bertz CT molecular complexity index is 414. The summed E-state index contributed by atoms with van der Waals surface area (Å²) < 4.78 is 0. The Morgan fingerprint density at radius 3 is 1.41 bits per heavy atom. The first-order valence-electron chi connectivity index (χ1n) is 8.29. The number of aromatic hydroxyl groups is 1. The predicted molar refractivity (Wildman–Crippen MR) is 123 cm³/mol. The Morgan fingerprint density at radius 2 is 1.19 bits per heavy atom. The number of aliphatic carboxylic acids is 1. The number of rotatable bonds is 3. The first-order valence-corrected chi connectivity index (χ1v) is 17.3. The third kappa shape index (κ3) is 46.6. The van der Waals surface area contributed by atoms with Crippen LogP contribution in [0.3, 0.4) is 0 Å². The van der Waals surface area contributed by atoms with E-state index in [0.717, 1.165) is 0 Å². The van der Waals surface area contributed by atoms with Crippen molar-refractivity contribution in [1.29, 1.82) is 0 Å². The van der Waals surface area contributed by atoms with E-state index in [1.165, 1.54) is 12.1 Å². The number of carbonyl (C=O) groups is 1. The van der Waals surface area contributed by atoms with Crippen molar-refractivity contribution >= 4 is 29.7 Å². The maximum atomic E-state index is 10.2. The zero-order valence-corrected chi connectivity index (χ0v) is 24.2. The third-order valence-electron chi connectivity index (χ3n) is 1.66. The topological polar surface area (TPSA) is 84.2 Å². The van der Waals surface area contributed by atoms with E-state index < -0.39 is 12.0 Å². The Labute approximate surface area is 190 Å². The van der Waals surface area contributed by atoms with Gasteiger partial charge in [-0.05, 0) is 47.9 Å². The van der Waals surface area contributed by atoms with E-state index in [2.05, 4.69) is 60.0 Å². The number of carboxylic acid groups (broad SMARTS) is 1. The normalized spacial score (nSPS) is 9.96. The van der Waals surface area contributed by atoms with Crippen LogP contribution < -0.4 is 17.5 Å². The molecule has 162 valence electrons. The third-order valence-corrected chi connectivity index (χ3v) is 1.66. The summed E-state index contributed by atoms with van der Waals surface area (Å²) in [5.41, 5.74) is 7.79. The average Bonchev–Trinajstić information content (AvgIpc) is 2.39. The molecule has 0 spiro atoms. The number of halogens is 1. The number of nitrogens with one attached hydrogen (secondary N) is 1. The zero-order chi connectivity index (χ0) is 20.6. The van der Waals surface area contributed by atoms with Gasteiger partial charge in [0.2, 0.25) is 0 Å². The van der Waals surface area contributed by atoms with Crippen molar-refractivity contribution in [2.75, 3.05) is 60.0 Å². The van der Waals surface area contributed by atoms with Crippen molar-refractivity contribution in [3.05, 3.63) is 35.6 Å². The van der Waals surface area contributed by atoms with Crippen molar-refractivity contribution < 1.29 is 47.5 Å². The van der Waals surface area contributed by atoms with Gasteiger partial charge in [0.1, 0.15) is 5.75 Å². The molecule has 0 aromatic heterocycles. The van der Waals surface area contributed by atoms with E-state index >= 15 is 0 Å². The van der Waals surface area contributed by atoms with Crippen LogP contribution in [0.15, 0.2) is 24.3 Å². The minimum atomic E-state index is -1.38. The minimum Gasteiger partial charge on any atom is -1.00 e. The van der Waals surface area contributed by atoms with Crippen LogP contribution in [0.4, 0.5) is 0 Å². The van der Waals surface area contributed by atoms with Crippen LogP contribution in [0.5, 0.6) is 5.75 Å². The second-order valence-corrected chi connectivity index (χ2v) is 16.2. The SMILES string of the molecule is C[PH+](C)C.C[PH+](C)C.C[PH+](C)C.[Cl-].[Ir+3].[NH-]C(Cc1ccc(O)cc1)C(=O)[O-]. The molecule has 1 atom stereocenters. The zero-order valence-electron chi connectivity index (χ0n) is 18.1. The maximum Gasteiger partial charge on any atom is 3.00 e. The minimum absolute atomic E-state index is 0. The van der Waals surface area contributed by atoms with Crippen LogP contribution in [-0.4, -0.2) is 77.1 Å². The Hall–Kier alpha value is 0.679. The Kier molecular flexibility index (Phi) is 35.1. The van der Waals surface area contributed by atoms with Gasteiger partial charge in [0.15, 0.2) is 0 Å². The molecular weight excluding hydrogens is 599 g/mol. The molecule has 1 rings (SSSR count). The summed E-state index contributed by atoms with van der Waals surface area (Å²) in [7, 11) is 0.361. The van der Waals surface area contributed by atoms with Crippen LogP contribution >= 0.6 is 23.8 Å². The number of phenolic OH excluding ortho intramolecular Hbond substituents is 1. The summed E-state index contributed by atoms with van der Waals surface area (Å²) in [6, 6.07) is 4.83. The molecule has 0 saturated carbocycles. The van der Waals surface area contributed by atoms with Gasteiger partial charge in [0.05, 0.1) is 0 Å². The van der Waals surface area contributed by atoms with E-state index in [1.54, 1.807) is 12.1 Å². The van der Waals surface area contributed by atoms with Crippen LogP contribution in [0.1, 0.15) is 5.56 Å². The molecule has 0 radical (unpaired) electrons. The van der Waals surface area contributed by atoms with E-state index in [1.807, 2.05) is 0 Å². The number of carbonyl (C=O) groups excluding carboxylic acids is 1. The molecule has 9 heteroatoms. The maximum absolute atomic E-state index is 10.2. The molecule has 4 nitrogen and oxygen atoms in total. The molecule has 0 aliphatic carbocycles. The molecule has 0 aliphatic heterocycles. The first-order chi connectivity index (χ1) is 11.3. The molecule has 1 aromatic carbocycles. The molecule has 1 unspecified atom stereocenters. The molecule has 1 aromatic rings. The summed E-state index contributed by atoms with van der Waals surface area (Å²) in [5, 5.41) is 19.1. The van der Waals surface area contributed by atoms with Gasteiger partial charge in [-0.3, -0.25) is 0 Å². The van der Waals surface area contributed by atoms with Crippen molar-refractivity contribution in [2.24, 2.45) is 0 Å². The summed E-state index contributed by atoms with van der Waals surface area (Å²) in [6.45, 7) is 20.4. The van der Waals surface area contributed by atoms with E-state index in [0.29, 0.717) is 5.56 Å². The van der Waals surface area contributed by atoms with Crippen molar-refractivity contribution in [1.82, 2.24) is 0 Å². The van der Waals surface area contributed by atoms with Gasteiger partial charge in [-0.15, -0.1) is 0 Å². The molecule has 0 heterocycles. The van der Waals surface area contributed by atoms with E-state index in [4.69, 9.17) is 10.8 Å². The summed E-state index contributed by atoms with van der Waals surface area (Å²) >= 11 is 0. The second-order valence-electron chi connectivity index (χ2n) is 7.24. The Morgan fingerprint density at radius 1 is 0.926 bits per heavy atom. The number of benzene rings is 1. The van der Waals surface area contributed by atoms with Gasteiger partial charge in [0, 0.05) is 66.0 Å². The molecule has 0 amide bonds. The van der Waals surface area contributed by atoms with E-state index in [-0.39, 0.29) is 68.4 Å². The summed E-state index contributed by atoms with van der Waals surface area (Å²) in [5.74, 6) is -1.26. The fourth-order valence-electron chi connectivity index (χ4n) is 0.951. The quantitative estimate of drug-likeness (QED) is 0.487. The van der Waals surface area contributed by atoms with E-state index in [9.17, 15) is 9.90 Å². The monoisotopic (exact) mass is 638 g/mol. The van der Waals surface area contributed by atoms with Crippen molar-refractivity contribution in [2.45, 2.75) is 12.5 Å². The number of carboxylic acids is 1. The van der Waals surface area contributed by atoms with Crippen molar-refractivity contribution in [3.8, 4) is 5.75 Å². The van der Waals surface area contributed by atoms with Crippen LogP contribution in [-0.2, 0) is 31.3 Å². The van der Waals surface area contributed by atoms with Gasteiger partial charge in [-0.25, -0.2) is 0 Å². The number of phenols is 1. The van der Waals surface area contributed by atoms with Crippen LogP contribution in [0.2, 0.25) is 0 Å². The second kappa shape index (κ2) is 24.7. The molecule has 0 saturated heterocycles.